The minimum Gasteiger partial charge on any atom is -0.508 e. The molecule has 41 heavy (non-hydrogen) atoms. The third-order valence-corrected chi connectivity index (χ3v) is 10.0. The molecule has 0 spiro atoms. The number of aliphatic hydroxyl groups is 1. The molecule has 0 bridgehead atoms. The number of ether oxygens (including phenoxy) is 2. The molecule has 1 saturated heterocycles. The summed E-state index contributed by atoms with van der Waals surface area (Å²) in [6.45, 7) is 8.53. The maximum atomic E-state index is 11.3. The number of benzene rings is 2. The third-order valence-electron chi connectivity index (χ3n) is 10.0. The summed E-state index contributed by atoms with van der Waals surface area (Å²) in [5.74, 6) is 4.06. The van der Waals surface area contributed by atoms with Gasteiger partial charge in [0.1, 0.15) is 5.75 Å². The lowest BCUT2D eigenvalue weighted by atomic mass is 9.81. The van der Waals surface area contributed by atoms with Crippen LogP contribution < -0.4 is 14.0 Å². The molecule has 2 N–H and O–H groups in total. The van der Waals surface area contributed by atoms with E-state index in [1.807, 2.05) is 35.0 Å². The quantitative estimate of drug-likeness (QED) is 0.256. The van der Waals surface area contributed by atoms with E-state index in [0.717, 1.165) is 66.3 Å². The molecule has 0 amide bonds. The number of hydrogen-bond acceptors (Lipinski definition) is 5. The Morgan fingerprint density at radius 2 is 1.83 bits per heavy atom. The van der Waals surface area contributed by atoms with Crippen LogP contribution in [0.15, 0.2) is 60.3 Å². The first-order chi connectivity index (χ1) is 19.9. The molecule has 0 saturated carbocycles. The van der Waals surface area contributed by atoms with Crippen molar-refractivity contribution < 1.29 is 24.3 Å². The van der Waals surface area contributed by atoms with Gasteiger partial charge in [0, 0.05) is 18.0 Å². The molecule has 1 aromatic heterocycles. The van der Waals surface area contributed by atoms with Crippen LogP contribution in [0.1, 0.15) is 63.2 Å². The van der Waals surface area contributed by atoms with Gasteiger partial charge < -0.3 is 19.7 Å². The van der Waals surface area contributed by atoms with E-state index in [1.54, 1.807) is 24.8 Å². The maximum Gasteiger partial charge on any atom is 0.292 e. The van der Waals surface area contributed by atoms with E-state index in [-0.39, 0.29) is 18.4 Å². The lowest BCUT2D eigenvalue weighted by Crippen LogP contribution is -2.37. The summed E-state index contributed by atoms with van der Waals surface area (Å²) in [5, 5.41) is 22.3. The fourth-order valence-electron chi connectivity index (χ4n) is 7.21. The van der Waals surface area contributed by atoms with E-state index in [1.165, 1.54) is 25.7 Å². The number of phenolic OH excluding ortho intramolecular Hbond substituents is 1. The van der Waals surface area contributed by atoms with Gasteiger partial charge in [0.05, 0.1) is 19.3 Å². The average molecular weight is 558 g/mol. The van der Waals surface area contributed by atoms with Crippen molar-refractivity contribution in [2.75, 3.05) is 26.7 Å². The molecule has 0 radical (unpaired) electrons. The lowest BCUT2D eigenvalue weighted by molar-refractivity contribution is -0.700. The van der Waals surface area contributed by atoms with Crippen molar-refractivity contribution in [3.05, 3.63) is 71.4 Å². The predicted octanol–water partition coefficient (Wildman–Crippen LogP) is 6.18. The van der Waals surface area contributed by atoms with Crippen LogP contribution in [0.3, 0.4) is 0 Å². The topological polar surface area (TPSA) is 66.0 Å². The molecule has 218 valence electrons. The van der Waals surface area contributed by atoms with Crippen LogP contribution in [0.25, 0.3) is 10.9 Å². The number of aliphatic hydroxyl groups excluding tert-OH is 1. The van der Waals surface area contributed by atoms with Crippen molar-refractivity contribution in [3.63, 3.8) is 0 Å². The van der Waals surface area contributed by atoms with E-state index in [2.05, 4.69) is 30.9 Å². The molecule has 1 aliphatic heterocycles. The molecule has 3 aliphatic rings. The first-order valence-corrected chi connectivity index (χ1v) is 15.4. The lowest BCUT2D eigenvalue weighted by Gasteiger charge is -2.35. The molecule has 6 heteroatoms. The zero-order valence-electron chi connectivity index (χ0n) is 24.8. The van der Waals surface area contributed by atoms with E-state index in [9.17, 15) is 10.2 Å². The smallest absolute Gasteiger partial charge is 0.292 e. The molecule has 4 unspecified atom stereocenters. The standard InChI is InChI=1S/C35H44N2O4/c1-23-6-7-26(15-24(23)2)21-36-13-10-25(11-14-36)16-29-17-28-18-34(33(40-3)20-31(28)35(29)39)41-22-37-12-4-5-27-8-9-30(38)19-32(27)37/h4-5,7-9,12,18-20,23-25,29,35,39H,6,10-11,13-17,21-22H2,1-3H3/p+1. The Labute approximate surface area is 244 Å². The Morgan fingerprint density at radius 1 is 1.00 bits per heavy atom. The van der Waals surface area contributed by atoms with E-state index >= 15 is 0 Å². The average Bonchev–Trinajstić information content (AvgIpc) is 3.27. The summed E-state index contributed by atoms with van der Waals surface area (Å²) in [5.41, 5.74) is 4.67. The van der Waals surface area contributed by atoms with Gasteiger partial charge in [-0.1, -0.05) is 25.5 Å². The number of pyridine rings is 1. The summed E-state index contributed by atoms with van der Waals surface area (Å²) in [6.07, 6.45) is 10.8. The second-order valence-corrected chi connectivity index (χ2v) is 12.8. The van der Waals surface area contributed by atoms with Crippen LogP contribution in [0, 0.1) is 23.7 Å². The molecule has 6 nitrogen and oxygen atoms in total. The highest BCUT2D eigenvalue weighted by molar-refractivity contribution is 5.76. The second kappa shape index (κ2) is 12.0. The number of piperidine rings is 1. The zero-order chi connectivity index (χ0) is 28.5. The highest BCUT2D eigenvalue weighted by Gasteiger charge is 2.35. The Morgan fingerprint density at radius 3 is 2.61 bits per heavy atom. The van der Waals surface area contributed by atoms with Gasteiger partial charge in [-0.3, -0.25) is 4.90 Å². The monoisotopic (exact) mass is 557 g/mol. The van der Waals surface area contributed by atoms with Gasteiger partial charge in [-0.2, -0.15) is 4.57 Å². The summed E-state index contributed by atoms with van der Waals surface area (Å²) in [4.78, 5) is 2.65. The van der Waals surface area contributed by atoms with E-state index in [0.29, 0.717) is 17.4 Å². The molecule has 2 aromatic carbocycles. The SMILES string of the molecule is COc1cc2c(cc1OC[n+]1cccc3ccc(O)cc31)CC(CC1CCN(CC3=CCC(C)C(C)C3)CC1)C2O. The van der Waals surface area contributed by atoms with Crippen molar-refractivity contribution in [1.82, 2.24) is 4.90 Å². The minimum absolute atomic E-state index is 0.226. The van der Waals surface area contributed by atoms with Gasteiger partial charge in [-0.05, 0) is 117 Å². The van der Waals surface area contributed by atoms with Crippen molar-refractivity contribution in [3.8, 4) is 17.2 Å². The molecular weight excluding hydrogens is 512 g/mol. The Hall–Kier alpha value is -3.09. The predicted molar refractivity (Wildman–Crippen MR) is 161 cm³/mol. The molecule has 3 aromatic rings. The fraction of sp³-hybridized carbons (Fsp3) is 0.514. The van der Waals surface area contributed by atoms with E-state index < -0.39 is 6.10 Å². The van der Waals surface area contributed by atoms with Crippen molar-refractivity contribution >= 4 is 10.9 Å². The normalized spacial score (nSPS) is 25.2. The van der Waals surface area contributed by atoms with Gasteiger partial charge in [-0.15, -0.1) is 0 Å². The van der Waals surface area contributed by atoms with Crippen molar-refractivity contribution in [2.24, 2.45) is 23.7 Å². The number of aromatic nitrogens is 1. The molecule has 2 heterocycles. The summed E-state index contributed by atoms with van der Waals surface area (Å²) < 4.78 is 13.9. The molecule has 4 atom stereocenters. The van der Waals surface area contributed by atoms with E-state index in [4.69, 9.17) is 9.47 Å². The number of fused-ring (bicyclic) bond motifs is 2. The Kier molecular flexibility index (Phi) is 8.23. The first-order valence-electron chi connectivity index (χ1n) is 15.4. The van der Waals surface area contributed by atoms with Crippen LogP contribution in [0.2, 0.25) is 0 Å². The van der Waals surface area contributed by atoms with Crippen LogP contribution in [0.5, 0.6) is 17.2 Å². The van der Waals surface area contributed by atoms with Gasteiger partial charge in [0.15, 0.2) is 17.7 Å². The molecule has 1 fully saturated rings. The van der Waals surface area contributed by atoms with Crippen LogP contribution in [0.4, 0.5) is 0 Å². The number of likely N-dealkylation sites (tertiary alicyclic amines) is 1. The van der Waals surface area contributed by atoms with Gasteiger partial charge in [0.2, 0.25) is 5.52 Å². The van der Waals surface area contributed by atoms with Crippen LogP contribution >= 0.6 is 0 Å². The number of hydrogen-bond donors (Lipinski definition) is 2. The fourth-order valence-corrected chi connectivity index (χ4v) is 7.21. The van der Waals surface area contributed by atoms with Crippen molar-refractivity contribution in [1.29, 1.82) is 0 Å². The Balaban J connectivity index is 1.07. The van der Waals surface area contributed by atoms with Gasteiger partial charge in [0.25, 0.3) is 6.73 Å². The van der Waals surface area contributed by atoms with Gasteiger partial charge in [-0.25, -0.2) is 0 Å². The van der Waals surface area contributed by atoms with Crippen LogP contribution in [-0.4, -0.2) is 41.9 Å². The van der Waals surface area contributed by atoms with Crippen LogP contribution in [-0.2, 0) is 13.2 Å². The minimum atomic E-state index is -0.461. The Bertz CT molecular complexity index is 1410. The number of rotatable bonds is 8. The van der Waals surface area contributed by atoms with Gasteiger partial charge >= 0.3 is 0 Å². The molecule has 6 rings (SSSR count). The number of phenols is 1. The molecular formula is C35H45N2O4+. The summed E-state index contributed by atoms with van der Waals surface area (Å²) in [7, 11) is 1.65. The molecule has 2 aliphatic carbocycles. The maximum absolute atomic E-state index is 11.3. The summed E-state index contributed by atoms with van der Waals surface area (Å²) in [6, 6.07) is 13.4. The van der Waals surface area contributed by atoms with Crippen molar-refractivity contribution in [2.45, 2.75) is 65.2 Å². The largest absolute Gasteiger partial charge is 0.508 e. The highest BCUT2D eigenvalue weighted by Crippen LogP contribution is 2.45. The number of aromatic hydroxyl groups is 1. The number of nitrogens with zero attached hydrogens (tertiary/aromatic N) is 2. The summed E-state index contributed by atoms with van der Waals surface area (Å²) >= 11 is 0. The zero-order valence-corrected chi connectivity index (χ0v) is 24.8. The third kappa shape index (κ3) is 6.09. The first kappa shape index (κ1) is 28.0. The second-order valence-electron chi connectivity index (χ2n) is 12.8. The highest BCUT2D eigenvalue weighted by atomic mass is 16.5. The number of allylic oxidation sites excluding steroid dienone is 1. The number of methoxy groups -OCH3 is 1.